The summed E-state index contributed by atoms with van der Waals surface area (Å²) in [4.78, 5) is 24.8. The lowest BCUT2D eigenvalue weighted by Gasteiger charge is -2.31. The van der Waals surface area contributed by atoms with E-state index in [1.807, 2.05) is 0 Å². The number of hydrogen-bond donors (Lipinski definition) is 1. The Morgan fingerprint density at radius 2 is 1.89 bits per heavy atom. The number of ether oxygens (including phenoxy) is 1. The van der Waals surface area contributed by atoms with E-state index in [1.165, 1.54) is 4.90 Å². The Hall–Kier alpha value is -0.870. The molecule has 1 aliphatic rings. The van der Waals surface area contributed by atoms with Crippen LogP contribution in [0.3, 0.4) is 0 Å². The van der Waals surface area contributed by atoms with E-state index >= 15 is 0 Å². The lowest BCUT2D eigenvalue weighted by Crippen LogP contribution is -2.48. The van der Waals surface area contributed by atoms with Gasteiger partial charge in [0.1, 0.15) is 11.6 Å². The fourth-order valence-electron chi connectivity index (χ4n) is 2.27. The van der Waals surface area contributed by atoms with Crippen LogP contribution in [0, 0.1) is 5.41 Å². The van der Waals surface area contributed by atoms with Gasteiger partial charge in [0.15, 0.2) is 0 Å². The van der Waals surface area contributed by atoms with Crippen LogP contribution in [0.25, 0.3) is 0 Å². The molecule has 1 fully saturated rings. The summed E-state index contributed by atoms with van der Waals surface area (Å²) in [5.41, 5.74) is -1.35. The molecule has 1 rings (SSSR count). The Morgan fingerprint density at radius 1 is 1.37 bits per heavy atom. The minimum Gasteiger partial charge on any atom is -0.480 e. The quantitative estimate of drug-likeness (QED) is 0.786. The molecule has 0 aromatic rings. The number of aliphatic carboxylic acids is 1. The van der Waals surface area contributed by atoms with Gasteiger partial charge in [-0.2, -0.15) is 0 Å². The first-order chi connectivity index (χ1) is 8.50. The van der Waals surface area contributed by atoms with E-state index in [0.717, 1.165) is 0 Å². The molecule has 1 aliphatic heterocycles. The number of carboxylic acid groups (broad SMARTS) is 1. The number of hydrogen-bond acceptors (Lipinski definition) is 4. The smallest absolute Gasteiger partial charge is 0.411 e. The zero-order chi connectivity index (χ0) is 15.0. The van der Waals surface area contributed by atoms with Crippen LogP contribution in [0.2, 0.25) is 0 Å². The van der Waals surface area contributed by atoms with Gasteiger partial charge in [0.2, 0.25) is 0 Å². The minimum atomic E-state index is -1.06. The van der Waals surface area contributed by atoms with E-state index in [1.54, 1.807) is 34.6 Å². The van der Waals surface area contributed by atoms with Crippen LogP contribution in [0.5, 0.6) is 0 Å². The van der Waals surface area contributed by atoms with Gasteiger partial charge in [0.05, 0.1) is 12.6 Å². The number of carbonyl (C=O) groups excluding carboxylic acids is 1. The highest BCUT2D eigenvalue weighted by atomic mass is 31.0. The molecule has 0 saturated carbocycles. The van der Waals surface area contributed by atoms with E-state index in [9.17, 15) is 14.7 Å². The van der Waals surface area contributed by atoms with Gasteiger partial charge in [0.25, 0.3) is 0 Å². The molecule has 110 valence electrons. The van der Waals surface area contributed by atoms with Gasteiger partial charge >= 0.3 is 12.1 Å². The number of amides is 1. The summed E-state index contributed by atoms with van der Waals surface area (Å²) in [6.07, 6.45) is -0.997. The minimum absolute atomic E-state index is 0.197. The highest BCUT2D eigenvalue weighted by Crippen LogP contribution is 2.40. The van der Waals surface area contributed by atoms with E-state index in [-0.39, 0.29) is 12.6 Å². The maximum absolute atomic E-state index is 12.1. The Labute approximate surface area is 115 Å². The van der Waals surface area contributed by atoms with Crippen molar-refractivity contribution in [3.05, 3.63) is 0 Å². The van der Waals surface area contributed by atoms with Crippen molar-refractivity contribution < 1.29 is 24.0 Å². The normalized spacial score (nSPS) is 26.3. The third-order valence-electron chi connectivity index (χ3n) is 3.23. The van der Waals surface area contributed by atoms with Crippen molar-refractivity contribution in [2.75, 3.05) is 6.54 Å². The second kappa shape index (κ2) is 5.25. The zero-order valence-corrected chi connectivity index (χ0v) is 13.1. The molecule has 1 amide bonds. The monoisotopic (exact) mass is 291 g/mol. The van der Waals surface area contributed by atoms with Gasteiger partial charge < -0.3 is 14.4 Å². The average molecular weight is 291 g/mol. The highest BCUT2D eigenvalue weighted by Gasteiger charge is 2.54. The first-order valence-corrected chi connectivity index (χ1v) is 6.56. The van der Waals surface area contributed by atoms with Crippen molar-refractivity contribution in [2.45, 2.75) is 52.4 Å². The van der Waals surface area contributed by atoms with Crippen LogP contribution >= 0.6 is 9.47 Å². The molecular formula is C12H22NO5P. The summed E-state index contributed by atoms with van der Waals surface area (Å²) in [5, 5.41) is 9.37. The van der Waals surface area contributed by atoms with Crippen LogP contribution in [-0.4, -0.2) is 46.4 Å². The Bertz CT molecular complexity index is 377. The maximum Gasteiger partial charge on any atom is 0.411 e. The molecule has 1 heterocycles. The van der Waals surface area contributed by atoms with Crippen LogP contribution in [0.4, 0.5) is 4.79 Å². The third-order valence-corrected chi connectivity index (χ3v) is 3.56. The van der Waals surface area contributed by atoms with Gasteiger partial charge in [0, 0.05) is 14.9 Å². The third kappa shape index (κ3) is 3.37. The van der Waals surface area contributed by atoms with Crippen molar-refractivity contribution in [3.63, 3.8) is 0 Å². The molecule has 7 heteroatoms. The fraction of sp³-hybridized carbons (Fsp3) is 0.833. The van der Waals surface area contributed by atoms with Crippen LogP contribution in [-0.2, 0) is 14.1 Å². The summed E-state index contributed by atoms with van der Waals surface area (Å²) in [6.45, 7) is 8.96. The first-order valence-electron chi connectivity index (χ1n) is 6.08. The zero-order valence-electron chi connectivity index (χ0n) is 12.0. The number of nitrogens with zero attached hydrogens (tertiary/aromatic N) is 1. The number of rotatable bonds is 2. The van der Waals surface area contributed by atoms with Crippen LogP contribution in [0.1, 0.15) is 34.6 Å². The molecule has 19 heavy (non-hydrogen) atoms. The molecule has 1 unspecified atom stereocenters. The largest absolute Gasteiger partial charge is 0.480 e. The summed E-state index contributed by atoms with van der Waals surface area (Å²) in [5.74, 6) is -1.06. The van der Waals surface area contributed by atoms with E-state index in [2.05, 4.69) is 9.47 Å². The van der Waals surface area contributed by atoms with Crippen LogP contribution in [0.15, 0.2) is 0 Å². The van der Waals surface area contributed by atoms with Gasteiger partial charge in [-0.05, 0) is 20.8 Å². The van der Waals surface area contributed by atoms with Gasteiger partial charge in [-0.15, -0.1) is 0 Å². The molecular weight excluding hydrogens is 269 g/mol. The van der Waals surface area contributed by atoms with Crippen molar-refractivity contribution in [2.24, 2.45) is 5.41 Å². The molecule has 0 spiro atoms. The van der Waals surface area contributed by atoms with Crippen molar-refractivity contribution in [1.82, 2.24) is 4.90 Å². The lowest BCUT2D eigenvalue weighted by molar-refractivity contribution is -0.145. The average Bonchev–Trinajstić information content (AvgIpc) is 2.46. The van der Waals surface area contributed by atoms with Gasteiger partial charge in [-0.1, -0.05) is 13.8 Å². The van der Waals surface area contributed by atoms with E-state index < -0.39 is 29.1 Å². The number of carboxylic acids is 1. The molecule has 3 atom stereocenters. The molecule has 0 aromatic heterocycles. The summed E-state index contributed by atoms with van der Waals surface area (Å²) in [6, 6.07) is -0.965. The number of carbonyl (C=O) groups is 2. The SMILES string of the molecule is CC(C)(C)OC(=O)N1C[C@H](OP)C(C)(C)[C@H]1C(=O)O. The molecule has 1 saturated heterocycles. The summed E-state index contributed by atoms with van der Waals surface area (Å²) >= 11 is 0. The van der Waals surface area contributed by atoms with Gasteiger partial charge in [-0.25, -0.2) is 9.59 Å². The highest BCUT2D eigenvalue weighted by molar-refractivity contribution is 7.09. The van der Waals surface area contributed by atoms with Crippen LogP contribution < -0.4 is 0 Å². The Balaban J connectivity index is 3.00. The molecule has 6 nitrogen and oxygen atoms in total. The summed E-state index contributed by atoms with van der Waals surface area (Å²) < 4.78 is 10.5. The second-order valence-corrected chi connectivity index (χ2v) is 6.59. The van der Waals surface area contributed by atoms with Crippen molar-refractivity contribution >= 4 is 21.5 Å². The number of likely N-dealkylation sites (tertiary alicyclic amines) is 1. The molecule has 0 aromatic carbocycles. The molecule has 1 N–H and O–H groups in total. The van der Waals surface area contributed by atoms with E-state index in [4.69, 9.17) is 9.26 Å². The van der Waals surface area contributed by atoms with Gasteiger partial charge in [-0.3, -0.25) is 4.90 Å². The van der Waals surface area contributed by atoms with E-state index in [0.29, 0.717) is 0 Å². The Kier molecular flexibility index (Phi) is 4.47. The molecule has 0 bridgehead atoms. The van der Waals surface area contributed by atoms with Crippen molar-refractivity contribution in [3.8, 4) is 0 Å². The second-order valence-electron chi connectivity index (χ2n) is 6.32. The lowest BCUT2D eigenvalue weighted by atomic mass is 9.82. The molecule has 0 aliphatic carbocycles. The standard InChI is InChI=1S/C12H22NO5P/c1-11(2,3)17-10(16)13-6-7(18-19)12(4,5)8(13)9(14)15/h7-8H,6,19H2,1-5H3,(H,14,15)/t7-,8+/m0/s1. The molecule has 0 radical (unpaired) electrons. The van der Waals surface area contributed by atoms with Crippen molar-refractivity contribution in [1.29, 1.82) is 0 Å². The fourth-order valence-corrected chi connectivity index (χ4v) is 2.70. The maximum atomic E-state index is 12.1. The Morgan fingerprint density at radius 3 is 2.26 bits per heavy atom. The predicted molar refractivity (Wildman–Crippen MR) is 72.7 cm³/mol. The predicted octanol–water partition coefficient (Wildman–Crippen LogP) is 1.89. The first kappa shape index (κ1) is 16.2. The summed E-state index contributed by atoms with van der Waals surface area (Å²) in [7, 11) is 2.13. The topological polar surface area (TPSA) is 76.1 Å².